The number of aliphatic hydroxyl groups excluding tert-OH is 1. The predicted molar refractivity (Wildman–Crippen MR) is 109 cm³/mol. The molecule has 2 fully saturated rings. The summed E-state index contributed by atoms with van der Waals surface area (Å²) in [6, 6.07) is 7.93. The number of anilines is 1. The number of piperidine rings is 1. The summed E-state index contributed by atoms with van der Waals surface area (Å²) >= 11 is 0. The molecule has 1 aromatic heterocycles. The molecule has 32 heavy (non-hydrogen) atoms. The zero-order valence-electron chi connectivity index (χ0n) is 17.0. The van der Waals surface area contributed by atoms with Crippen LogP contribution in [0.1, 0.15) is 27.9 Å². The molecule has 0 unspecified atom stereocenters. The second-order valence-corrected chi connectivity index (χ2v) is 8.38. The fourth-order valence-electron chi connectivity index (χ4n) is 4.71. The second kappa shape index (κ2) is 7.98. The fraction of sp³-hybridized carbons (Fsp3) is 0.409. The minimum Gasteiger partial charge on any atom is -0.396 e. The van der Waals surface area contributed by atoms with E-state index in [1.165, 1.54) is 24.4 Å². The molecule has 0 saturated carbocycles. The largest absolute Gasteiger partial charge is 0.417 e. The van der Waals surface area contributed by atoms with Crippen LogP contribution in [0.2, 0.25) is 0 Å². The number of halogens is 3. The van der Waals surface area contributed by atoms with Crippen LogP contribution in [0.25, 0.3) is 0 Å². The Morgan fingerprint density at radius 2 is 2.06 bits per heavy atom. The van der Waals surface area contributed by atoms with Gasteiger partial charge < -0.3 is 19.9 Å². The van der Waals surface area contributed by atoms with Gasteiger partial charge in [0.1, 0.15) is 0 Å². The first-order valence-electron chi connectivity index (χ1n) is 10.1. The van der Waals surface area contributed by atoms with E-state index in [1.54, 1.807) is 15.9 Å². The van der Waals surface area contributed by atoms with Gasteiger partial charge in [0.25, 0.3) is 5.91 Å². The number of pyridine rings is 1. The van der Waals surface area contributed by atoms with Gasteiger partial charge in [-0.05, 0) is 30.7 Å². The van der Waals surface area contributed by atoms with E-state index < -0.39 is 22.7 Å². The molecule has 7 nitrogen and oxygen atoms in total. The molecule has 0 aliphatic carbocycles. The van der Waals surface area contributed by atoms with Crippen molar-refractivity contribution in [2.24, 2.45) is 11.3 Å². The number of nitrogens with zero attached hydrogens (tertiary/aromatic N) is 3. The normalized spacial score (nSPS) is 23.0. The maximum absolute atomic E-state index is 13.4. The Labute approximate surface area is 181 Å². The highest BCUT2D eigenvalue weighted by atomic mass is 19.4. The minimum atomic E-state index is -4.65. The number of fused-ring (bicyclic) bond motifs is 1. The highest BCUT2D eigenvalue weighted by Crippen LogP contribution is 2.45. The third kappa shape index (κ3) is 3.84. The molecule has 2 aromatic rings. The highest BCUT2D eigenvalue weighted by Gasteiger charge is 2.50. The molecule has 10 heteroatoms. The number of aromatic amines is 1. The van der Waals surface area contributed by atoms with Gasteiger partial charge >= 0.3 is 6.18 Å². The van der Waals surface area contributed by atoms with Crippen molar-refractivity contribution < 1.29 is 23.1 Å². The summed E-state index contributed by atoms with van der Waals surface area (Å²) in [4.78, 5) is 30.0. The lowest BCUT2D eigenvalue weighted by Gasteiger charge is -2.42. The van der Waals surface area contributed by atoms with E-state index in [-0.39, 0.29) is 24.0 Å². The van der Waals surface area contributed by atoms with Crippen LogP contribution in [-0.4, -0.2) is 53.7 Å². The van der Waals surface area contributed by atoms with E-state index in [9.17, 15) is 27.9 Å². The Bertz CT molecular complexity index is 1120. The lowest BCUT2D eigenvalue weighted by atomic mass is 9.73. The molecule has 0 bridgehead atoms. The molecule has 168 valence electrons. The molecule has 2 N–H and O–H groups in total. The molecule has 2 aliphatic heterocycles. The number of amides is 1. The van der Waals surface area contributed by atoms with Gasteiger partial charge in [0.15, 0.2) is 0 Å². The Kier molecular flexibility index (Phi) is 5.46. The van der Waals surface area contributed by atoms with Crippen LogP contribution in [0.5, 0.6) is 0 Å². The van der Waals surface area contributed by atoms with Crippen molar-refractivity contribution in [1.29, 1.82) is 5.26 Å². The number of rotatable bonds is 3. The van der Waals surface area contributed by atoms with Gasteiger partial charge in [-0.15, -0.1) is 0 Å². The number of aromatic nitrogens is 1. The van der Waals surface area contributed by atoms with Crippen LogP contribution in [0.4, 0.5) is 18.9 Å². The van der Waals surface area contributed by atoms with Gasteiger partial charge in [0.05, 0.1) is 29.4 Å². The Hall–Kier alpha value is -3.32. The van der Waals surface area contributed by atoms with Crippen molar-refractivity contribution in [2.45, 2.75) is 12.6 Å². The first kappa shape index (κ1) is 21.9. The molecule has 2 saturated heterocycles. The van der Waals surface area contributed by atoms with Crippen molar-refractivity contribution >= 4 is 11.6 Å². The Morgan fingerprint density at radius 1 is 1.28 bits per heavy atom. The number of aliphatic hydroxyl groups is 1. The molecule has 0 spiro atoms. The van der Waals surface area contributed by atoms with Crippen molar-refractivity contribution in [3.63, 3.8) is 0 Å². The van der Waals surface area contributed by atoms with Crippen LogP contribution in [0.3, 0.4) is 0 Å². The predicted octanol–water partition coefficient (Wildman–Crippen LogP) is 2.23. The zero-order valence-corrected chi connectivity index (χ0v) is 17.0. The monoisotopic (exact) mass is 446 g/mol. The second-order valence-electron chi connectivity index (χ2n) is 8.38. The lowest BCUT2D eigenvalue weighted by Crippen LogP contribution is -2.50. The maximum atomic E-state index is 13.4. The summed E-state index contributed by atoms with van der Waals surface area (Å²) < 4.78 is 40.2. The molecule has 2 aliphatic rings. The first-order valence-corrected chi connectivity index (χ1v) is 10.1. The number of benzene rings is 1. The van der Waals surface area contributed by atoms with Gasteiger partial charge in [-0.2, -0.15) is 18.4 Å². The SMILES string of the molecule is N#Cc1ccc(N2C[C@H]3CN(C(=O)c4ccc(=O)[nH]c4)CC[C@@]3(CO)C2)cc1C(F)(F)F. The first-order chi connectivity index (χ1) is 15.2. The zero-order chi connectivity index (χ0) is 23.1. The number of nitriles is 1. The van der Waals surface area contributed by atoms with Crippen molar-refractivity contribution in [2.75, 3.05) is 37.7 Å². The number of likely N-dealkylation sites (tertiary alicyclic amines) is 1. The summed E-state index contributed by atoms with van der Waals surface area (Å²) in [6.45, 7) is 1.33. The number of H-pyrrole nitrogens is 1. The van der Waals surface area contributed by atoms with Crippen LogP contribution < -0.4 is 10.5 Å². The molecule has 0 radical (unpaired) electrons. The van der Waals surface area contributed by atoms with Gasteiger partial charge in [-0.3, -0.25) is 9.59 Å². The summed E-state index contributed by atoms with van der Waals surface area (Å²) in [6.07, 6.45) is -2.79. The van der Waals surface area contributed by atoms with E-state index in [0.717, 1.165) is 12.1 Å². The molecule has 4 rings (SSSR count). The number of hydrogen-bond donors (Lipinski definition) is 2. The fourth-order valence-corrected chi connectivity index (χ4v) is 4.71. The van der Waals surface area contributed by atoms with Gasteiger partial charge in [0, 0.05) is 55.5 Å². The van der Waals surface area contributed by atoms with Gasteiger partial charge in [-0.1, -0.05) is 0 Å². The highest BCUT2D eigenvalue weighted by molar-refractivity contribution is 5.94. The topological polar surface area (TPSA) is 100 Å². The smallest absolute Gasteiger partial charge is 0.396 e. The number of hydrogen-bond acceptors (Lipinski definition) is 5. The van der Waals surface area contributed by atoms with Crippen molar-refractivity contribution in [3.05, 3.63) is 63.6 Å². The lowest BCUT2D eigenvalue weighted by molar-refractivity contribution is -0.137. The Balaban J connectivity index is 1.57. The Morgan fingerprint density at radius 3 is 2.69 bits per heavy atom. The molecule has 2 atom stereocenters. The van der Waals surface area contributed by atoms with Crippen LogP contribution in [0, 0.1) is 22.7 Å². The molecular weight excluding hydrogens is 425 g/mol. The number of carbonyl (C=O) groups excluding carboxylic acids is 1. The molecule has 1 amide bonds. The summed E-state index contributed by atoms with van der Waals surface area (Å²) in [5, 5.41) is 19.2. The molecule has 3 heterocycles. The van der Waals surface area contributed by atoms with E-state index in [0.29, 0.717) is 43.9 Å². The van der Waals surface area contributed by atoms with Crippen LogP contribution in [-0.2, 0) is 6.18 Å². The maximum Gasteiger partial charge on any atom is 0.417 e. The van der Waals surface area contributed by atoms with Gasteiger partial charge in [0.2, 0.25) is 5.56 Å². The number of carbonyl (C=O) groups is 1. The van der Waals surface area contributed by atoms with E-state index in [2.05, 4.69) is 4.98 Å². The number of alkyl halides is 3. The minimum absolute atomic E-state index is 0.141. The summed E-state index contributed by atoms with van der Waals surface area (Å²) in [5.74, 6) is -0.387. The van der Waals surface area contributed by atoms with E-state index >= 15 is 0 Å². The number of nitrogens with one attached hydrogen (secondary N) is 1. The summed E-state index contributed by atoms with van der Waals surface area (Å²) in [7, 11) is 0. The molecule has 1 aromatic carbocycles. The molecular formula is C22H21F3N4O3. The standard InChI is InChI=1S/C22H21F3N4O3/c23-22(24,25)18-7-17(3-1-14(18)8-26)29-11-16-10-28(6-5-21(16,12-29)13-30)20(32)15-2-4-19(31)27-9-15/h1-4,7,9,16,30H,5-6,10-13H2,(H,27,31)/t16-,21+/m1/s1. The van der Waals surface area contributed by atoms with Crippen molar-refractivity contribution in [1.82, 2.24) is 9.88 Å². The van der Waals surface area contributed by atoms with Crippen LogP contribution >= 0.6 is 0 Å². The van der Waals surface area contributed by atoms with Gasteiger partial charge in [-0.25, -0.2) is 0 Å². The third-order valence-corrected chi connectivity index (χ3v) is 6.56. The van der Waals surface area contributed by atoms with Crippen molar-refractivity contribution in [3.8, 4) is 6.07 Å². The summed E-state index contributed by atoms with van der Waals surface area (Å²) in [5.41, 5.74) is -1.59. The third-order valence-electron chi connectivity index (χ3n) is 6.56. The average Bonchev–Trinajstić information content (AvgIpc) is 3.17. The van der Waals surface area contributed by atoms with E-state index in [4.69, 9.17) is 5.26 Å². The van der Waals surface area contributed by atoms with E-state index in [1.807, 2.05) is 0 Å². The quantitative estimate of drug-likeness (QED) is 0.753. The van der Waals surface area contributed by atoms with Crippen LogP contribution in [0.15, 0.2) is 41.3 Å². The average molecular weight is 446 g/mol.